The van der Waals surface area contributed by atoms with Gasteiger partial charge in [0.05, 0.1) is 11.4 Å². The number of nitrogens with zero attached hydrogens (tertiary/aromatic N) is 4. The van der Waals surface area contributed by atoms with Gasteiger partial charge in [0.25, 0.3) is 0 Å². The van der Waals surface area contributed by atoms with Crippen LogP contribution in [0, 0.1) is 5.82 Å². The number of nitrogens with two attached hydrogens (primary N) is 1. The van der Waals surface area contributed by atoms with Gasteiger partial charge in [-0.2, -0.15) is 4.68 Å². The van der Waals surface area contributed by atoms with Crippen LogP contribution in [0.2, 0.25) is 0 Å². The largest absolute Gasteiger partial charge is 0.454 e. The van der Waals surface area contributed by atoms with E-state index in [0.29, 0.717) is 28.0 Å². The van der Waals surface area contributed by atoms with E-state index in [1.807, 2.05) is 23.6 Å². The number of hydrogen-bond donors (Lipinski definition) is 1. The summed E-state index contributed by atoms with van der Waals surface area (Å²) in [7, 11) is 0. The average Bonchev–Trinajstić information content (AvgIpc) is 3.40. The number of benzene rings is 2. The third-order valence-electron chi connectivity index (χ3n) is 4.13. The summed E-state index contributed by atoms with van der Waals surface area (Å²) >= 11 is 1.40. The van der Waals surface area contributed by atoms with Crippen LogP contribution in [0.5, 0.6) is 11.5 Å². The van der Waals surface area contributed by atoms with E-state index in [9.17, 15) is 4.39 Å². The first kappa shape index (κ1) is 15.8. The Morgan fingerprint density at radius 3 is 2.89 bits per heavy atom. The molecule has 7 nitrogen and oxygen atoms in total. The van der Waals surface area contributed by atoms with Gasteiger partial charge in [-0.3, -0.25) is 0 Å². The molecule has 0 saturated carbocycles. The first-order valence-electron chi connectivity index (χ1n) is 8.02. The zero-order valence-electron chi connectivity index (χ0n) is 13.8. The number of ether oxygens (including phenoxy) is 2. The van der Waals surface area contributed by atoms with E-state index in [0.717, 1.165) is 17.0 Å². The van der Waals surface area contributed by atoms with Crippen molar-refractivity contribution in [2.24, 2.45) is 0 Å². The molecule has 4 aromatic rings. The van der Waals surface area contributed by atoms with Gasteiger partial charge in [0.1, 0.15) is 10.8 Å². The predicted octanol–water partition coefficient (Wildman–Crippen LogP) is 3.51. The van der Waals surface area contributed by atoms with Gasteiger partial charge < -0.3 is 15.2 Å². The highest BCUT2D eigenvalue weighted by Gasteiger charge is 2.19. The average molecular weight is 381 g/mol. The molecule has 0 spiro atoms. The van der Waals surface area contributed by atoms with Gasteiger partial charge in [0.15, 0.2) is 23.0 Å². The SMILES string of the molecule is Nc1c(-c2nc(-c3ccc4c(c3)OCO4)cs2)nnn1-c1cccc(F)c1. The van der Waals surface area contributed by atoms with Crippen LogP contribution < -0.4 is 15.2 Å². The number of anilines is 1. The van der Waals surface area contributed by atoms with Crippen LogP contribution in [0.1, 0.15) is 0 Å². The van der Waals surface area contributed by atoms with Crippen molar-refractivity contribution < 1.29 is 13.9 Å². The van der Waals surface area contributed by atoms with E-state index in [-0.39, 0.29) is 12.6 Å². The number of thiazole rings is 1. The van der Waals surface area contributed by atoms with Gasteiger partial charge in [0, 0.05) is 10.9 Å². The van der Waals surface area contributed by atoms with Crippen molar-refractivity contribution in [1.29, 1.82) is 0 Å². The fourth-order valence-corrected chi connectivity index (χ4v) is 3.63. The molecule has 0 unspecified atom stereocenters. The number of hydrogen-bond acceptors (Lipinski definition) is 7. The molecule has 0 amide bonds. The summed E-state index contributed by atoms with van der Waals surface area (Å²) in [6.45, 7) is 0.223. The van der Waals surface area contributed by atoms with Crippen molar-refractivity contribution in [2.75, 3.05) is 12.5 Å². The van der Waals surface area contributed by atoms with E-state index in [4.69, 9.17) is 15.2 Å². The van der Waals surface area contributed by atoms with Crippen LogP contribution in [-0.2, 0) is 0 Å². The minimum absolute atomic E-state index is 0.223. The Morgan fingerprint density at radius 1 is 1.11 bits per heavy atom. The fraction of sp³-hybridized carbons (Fsp3) is 0.0556. The quantitative estimate of drug-likeness (QED) is 0.584. The van der Waals surface area contributed by atoms with E-state index < -0.39 is 0 Å². The Hall–Kier alpha value is -3.46. The number of halogens is 1. The van der Waals surface area contributed by atoms with Gasteiger partial charge in [-0.25, -0.2) is 9.37 Å². The molecule has 1 aliphatic heterocycles. The molecule has 27 heavy (non-hydrogen) atoms. The highest BCUT2D eigenvalue weighted by atomic mass is 32.1. The summed E-state index contributed by atoms with van der Waals surface area (Å²) in [5.41, 5.74) is 8.81. The van der Waals surface area contributed by atoms with Crippen LogP contribution in [0.3, 0.4) is 0 Å². The molecule has 2 N–H and O–H groups in total. The maximum Gasteiger partial charge on any atom is 0.231 e. The molecule has 0 radical (unpaired) electrons. The highest BCUT2D eigenvalue weighted by molar-refractivity contribution is 7.13. The lowest BCUT2D eigenvalue weighted by Gasteiger charge is -2.02. The van der Waals surface area contributed by atoms with Crippen molar-refractivity contribution in [3.05, 3.63) is 53.7 Å². The van der Waals surface area contributed by atoms with Crippen LogP contribution in [0.4, 0.5) is 10.2 Å². The second-order valence-electron chi connectivity index (χ2n) is 5.82. The Kier molecular flexibility index (Phi) is 3.54. The first-order chi connectivity index (χ1) is 13.2. The maximum atomic E-state index is 13.5. The minimum Gasteiger partial charge on any atom is -0.454 e. The first-order valence-corrected chi connectivity index (χ1v) is 8.90. The Balaban J connectivity index is 1.50. The molecule has 9 heteroatoms. The minimum atomic E-state index is -0.372. The molecule has 0 atom stereocenters. The summed E-state index contributed by atoms with van der Waals surface area (Å²) in [5.74, 6) is 1.34. The van der Waals surface area contributed by atoms with Crippen molar-refractivity contribution in [3.8, 4) is 39.1 Å². The summed E-state index contributed by atoms with van der Waals surface area (Å²) < 4.78 is 25.6. The molecule has 3 heterocycles. The van der Waals surface area contributed by atoms with Crippen LogP contribution >= 0.6 is 11.3 Å². The van der Waals surface area contributed by atoms with Crippen LogP contribution in [0.15, 0.2) is 47.8 Å². The Labute approximate surface area is 156 Å². The lowest BCUT2D eigenvalue weighted by Crippen LogP contribution is -2.02. The zero-order valence-corrected chi connectivity index (χ0v) is 14.6. The molecular formula is C18H12FN5O2S. The molecule has 0 fully saturated rings. The van der Waals surface area contributed by atoms with E-state index in [1.165, 1.54) is 28.2 Å². The van der Waals surface area contributed by atoms with Crippen molar-refractivity contribution in [2.45, 2.75) is 0 Å². The summed E-state index contributed by atoms with van der Waals surface area (Å²) in [6.07, 6.45) is 0. The van der Waals surface area contributed by atoms with E-state index in [2.05, 4.69) is 15.3 Å². The van der Waals surface area contributed by atoms with Crippen LogP contribution in [-0.4, -0.2) is 26.8 Å². The number of rotatable bonds is 3. The lowest BCUT2D eigenvalue weighted by atomic mass is 10.1. The second kappa shape index (κ2) is 6.06. The highest BCUT2D eigenvalue weighted by Crippen LogP contribution is 2.37. The van der Waals surface area contributed by atoms with Gasteiger partial charge in [-0.05, 0) is 36.4 Å². The molecule has 0 aliphatic carbocycles. The monoisotopic (exact) mass is 381 g/mol. The molecule has 0 saturated heterocycles. The summed E-state index contributed by atoms with van der Waals surface area (Å²) in [4.78, 5) is 4.61. The summed E-state index contributed by atoms with van der Waals surface area (Å²) in [5, 5.41) is 10.7. The third kappa shape index (κ3) is 2.68. The van der Waals surface area contributed by atoms with Crippen molar-refractivity contribution in [3.63, 3.8) is 0 Å². The van der Waals surface area contributed by atoms with Crippen LogP contribution in [0.25, 0.3) is 27.6 Å². The topological polar surface area (TPSA) is 88.1 Å². The van der Waals surface area contributed by atoms with Gasteiger partial charge in [0.2, 0.25) is 6.79 Å². The maximum absolute atomic E-state index is 13.5. The molecule has 2 aromatic carbocycles. The molecule has 5 rings (SSSR count). The number of fused-ring (bicyclic) bond motifs is 1. The summed E-state index contributed by atoms with van der Waals surface area (Å²) in [6, 6.07) is 11.6. The molecule has 0 bridgehead atoms. The number of aromatic nitrogens is 4. The number of nitrogen functional groups attached to an aromatic ring is 1. The fourth-order valence-electron chi connectivity index (χ4n) is 2.81. The second-order valence-corrected chi connectivity index (χ2v) is 6.68. The van der Waals surface area contributed by atoms with Gasteiger partial charge >= 0.3 is 0 Å². The third-order valence-corrected chi connectivity index (χ3v) is 4.98. The van der Waals surface area contributed by atoms with Gasteiger partial charge in [-0.15, -0.1) is 16.4 Å². The van der Waals surface area contributed by atoms with Gasteiger partial charge in [-0.1, -0.05) is 11.3 Å². The lowest BCUT2D eigenvalue weighted by molar-refractivity contribution is 0.174. The van der Waals surface area contributed by atoms with Crippen molar-refractivity contribution >= 4 is 17.2 Å². The molecular weight excluding hydrogens is 369 g/mol. The normalized spacial score (nSPS) is 12.5. The Morgan fingerprint density at radius 2 is 2.00 bits per heavy atom. The molecule has 2 aromatic heterocycles. The van der Waals surface area contributed by atoms with E-state index >= 15 is 0 Å². The Bertz CT molecular complexity index is 1160. The molecule has 134 valence electrons. The molecule has 1 aliphatic rings. The standard InChI is InChI=1S/C18H12FN5O2S/c19-11-2-1-3-12(7-11)24-17(20)16(22-23-24)18-21-13(8-27-18)10-4-5-14-15(6-10)26-9-25-14/h1-8H,9,20H2. The zero-order chi connectivity index (χ0) is 18.4. The van der Waals surface area contributed by atoms with Crippen molar-refractivity contribution in [1.82, 2.24) is 20.0 Å². The predicted molar refractivity (Wildman–Crippen MR) is 98.4 cm³/mol. The smallest absolute Gasteiger partial charge is 0.231 e. The van der Waals surface area contributed by atoms with E-state index in [1.54, 1.807) is 12.1 Å².